The number of hydrogen-bond donors (Lipinski definition) is 1. The van der Waals surface area contributed by atoms with Crippen LogP contribution in [0.5, 0.6) is 0 Å². The number of piperidine rings is 1. The summed E-state index contributed by atoms with van der Waals surface area (Å²) in [4.78, 5) is 14.3. The second kappa shape index (κ2) is 6.79. The zero-order chi connectivity index (χ0) is 14.1. The summed E-state index contributed by atoms with van der Waals surface area (Å²) in [6.45, 7) is 4.82. The van der Waals surface area contributed by atoms with E-state index in [2.05, 4.69) is 10.4 Å². The summed E-state index contributed by atoms with van der Waals surface area (Å²) in [5.74, 6) is 1.00. The highest BCUT2D eigenvalue weighted by molar-refractivity contribution is 5.92. The molecular formula is C15H25ClN4O. The zero-order valence-electron chi connectivity index (χ0n) is 12.8. The lowest BCUT2D eigenvalue weighted by molar-refractivity contribution is 0.0698. The Morgan fingerprint density at radius 2 is 2.00 bits per heavy atom. The summed E-state index contributed by atoms with van der Waals surface area (Å²) in [6, 6.07) is 2.46. The van der Waals surface area contributed by atoms with Crippen LogP contribution >= 0.6 is 12.4 Å². The van der Waals surface area contributed by atoms with Crippen LogP contribution in [0.4, 0.5) is 0 Å². The van der Waals surface area contributed by atoms with Gasteiger partial charge < -0.3 is 10.2 Å². The molecule has 118 valence electrons. The lowest BCUT2D eigenvalue weighted by Crippen LogP contribution is -2.45. The maximum absolute atomic E-state index is 12.4. The number of likely N-dealkylation sites (tertiary alicyclic amines) is 1. The van der Waals surface area contributed by atoms with Crippen molar-refractivity contribution in [2.24, 2.45) is 13.0 Å². The third kappa shape index (κ3) is 3.98. The molecule has 0 spiro atoms. The Bertz CT molecular complexity index is 470. The number of halogens is 1. The van der Waals surface area contributed by atoms with Crippen molar-refractivity contribution in [3.63, 3.8) is 0 Å². The van der Waals surface area contributed by atoms with E-state index in [0.29, 0.717) is 11.7 Å². The van der Waals surface area contributed by atoms with E-state index in [-0.39, 0.29) is 18.3 Å². The fraction of sp³-hybridized carbons (Fsp3) is 0.733. The molecule has 2 aliphatic rings. The molecule has 0 bridgehead atoms. The molecule has 6 heteroatoms. The molecule has 1 saturated heterocycles. The molecule has 21 heavy (non-hydrogen) atoms. The van der Waals surface area contributed by atoms with Crippen molar-refractivity contribution in [3.8, 4) is 0 Å². The largest absolute Gasteiger partial charge is 0.337 e. The molecule has 1 aromatic heterocycles. The molecule has 1 aliphatic heterocycles. The quantitative estimate of drug-likeness (QED) is 0.921. The lowest BCUT2D eigenvalue weighted by Gasteiger charge is -2.32. The van der Waals surface area contributed by atoms with Gasteiger partial charge in [0, 0.05) is 31.9 Å². The van der Waals surface area contributed by atoms with Crippen LogP contribution in [0, 0.1) is 12.8 Å². The molecule has 0 radical (unpaired) electrons. The van der Waals surface area contributed by atoms with Gasteiger partial charge in [0.1, 0.15) is 0 Å². The van der Waals surface area contributed by atoms with E-state index in [1.165, 1.54) is 12.8 Å². The van der Waals surface area contributed by atoms with E-state index in [1.54, 1.807) is 4.68 Å². The number of carbonyl (C=O) groups is 1. The van der Waals surface area contributed by atoms with Gasteiger partial charge in [0.2, 0.25) is 0 Å². The van der Waals surface area contributed by atoms with Crippen molar-refractivity contribution in [1.82, 2.24) is 20.0 Å². The summed E-state index contributed by atoms with van der Waals surface area (Å²) in [5.41, 5.74) is 1.60. The number of nitrogens with zero attached hydrogens (tertiary/aromatic N) is 3. The summed E-state index contributed by atoms with van der Waals surface area (Å²) in [5, 5.41) is 7.92. The number of carbonyl (C=O) groups excluding carboxylic acids is 1. The van der Waals surface area contributed by atoms with Gasteiger partial charge in [-0.2, -0.15) is 5.10 Å². The molecule has 2 fully saturated rings. The Labute approximate surface area is 132 Å². The van der Waals surface area contributed by atoms with Crippen molar-refractivity contribution in [2.45, 2.75) is 38.6 Å². The van der Waals surface area contributed by atoms with Crippen LogP contribution in [0.1, 0.15) is 41.9 Å². The van der Waals surface area contributed by atoms with E-state index < -0.39 is 0 Å². The number of nitrogens with one attached hydrogen (secondary N) is 1. The van der Waals surface area contributed by atoms with Gasteiger partial charge in [0.15, 0.2) is 5.69 Å². The molecule has 1 saturated carbocycles. The number of hydrogen-bond acceptors (Lipinski definition) is 3. The van der Waals surface area contributed by atoms with E-state index in [9.17, 15) is 4.79 Å². The summed E-state index contributed by atoms with van der Waals surface area (Å²) in [6.07, 6.45) is 4.90. The Hall–Kier alpha value is -1.07. The van der Waals surface area contributed by atoms with Crippen LogP contribution in [0.25, 0.3) is 0 Å². The van der Waals surface area contributed by atoms with Crippen LogP contribution in [-0.2, 0) is 7.05 Å². The molecule has 2 heterocycles. The van der Waals surface area contributed by atoms with Crippen molar-refractivity contribution in [3.05, 3.63) is 17.5 Å². The van der Waals surface area contributed by atoms with Gasteiger partial charge >= 0.3 is 0 Å². The first-order valence-electron chi connectivity index (χ1n) is 7.67. The third-order valence-corrected chi connectivity index (χ3v) is 4.51. The first-order chi connectivity index (χ1) is 9.63. The van der Waals surface area contributed by atoms with Crippen LogP contribution in [0.15, 0.2) is 6.07 Å². The second-order valence-corrected chi connectivity index (χ2v) is 6.21. The van der Waals surface area contributed by atoms with Gasteiger partial charge in [-0.15, -0.1) is 12.4 Å². The highest BCUT2D eigenvalue weighted by Crippen LogP contribution is 2.28. The van der Waals surface area contributed by atoms with Crippen molar-refractivity contribution in [2.75, 3.05) is 19.6 Å². The van der Waals surface area contributed by atoms with E-state index in [1.807, 2.05) is 24.9 Å². The first-order valence-corrected chi connectivity index (χ1v) is 7.67. The van der Waals surface area contributed by atoms with Gasteiger partial charge in [-0.25, -0.2) is 0 Å². The maximum Gasteiger partial charge on any atom is 0.274 e. The van der Waals surface area contributed by atoms with Crippen LogP contribution < -0.4 is 5.32 Å². The normalized spacial score (nSPS) is 19.4. The first kappa shape index (κ1) is 16.3. The minimum absolute atomic E-state index is 0. The number of aryl methyl sites for hydroxylation is 2. The molecule has 1 N–H and O–H groups in total. The SMILES string of the molecule is Cc1cc(C(=O)N2CCC(NCC3CC3)CC2)nn1C.Cl. The third-order valence-electron chi connectivity index (χ3n) is 4.51. The predicted octanol–water partition coefficient (Wildman–Crippen LogP) is 1.75. The fourth-order valence-corrected chi connectivity index (χ4v) is 2.77. The summed E-state index contributed by atoms with van der Waals surface area (Å²) < 4.78 is 1.76. The summed E-state index contributed by atoms with van der Waals surface area (Å²) in [7, 11) is 1.88. The Kier molecular flexibility index (Phi) is 5.27. The van der Waals surface area contributed by atoms with Crippen molar-refractivity contribution in [1.29, 1.82) is 0 Å². The Morgan fingerprint density at radius 3 is 2.52 bits per heavy atom. The monoisotopic (exact) mass is 312 g/mol. The number of aromatic nitrogens is 2. The highest BCUT2D eigenvalue weighted by atomic mass is 35.5. The van der Waals surface area contributed by atoms with Gasteiger partial charge in [-0.3, -0.25) is 9.48 Å². The lowest BCUT2D eigenvalue weighted by atomic mass is 10.0. The maximum atomic E-state index is 12.4. The van der Waals surface area contributed by atoms with Crippen LogP contribution in [0.2, 0.25) is 0 Å². The topological polar surface area (TPSA) is 50.2 Å². The molecule has 1 aliphatic carbocycles. The molecule has 3 rings (SSSR count). The molecule has 5 nitrogen and oxygen atoms in total. The fourth-order valence-electron chi connectivity index (χ4n) is 2.77. The minimum Gasteiger partial charge on any atom is -0.337 e. The van der Waals surface area contributed by atoms with Gasteiger partial charge in [0.05, 0.1) is 0 Å². The van der Waals surface area contributed by atoms with Crippen LogP contribution in [-0.4, -0.2) is 46.3 Å². The predicted molar refractivity (Wildman–Crippen MR) is 84.8 cm³/mol. The van der Waals surface area contributed by atoms with Gasteiger partial charge in [0.25, 0.3) is 5.91 Å². The number of rotatable bonds is 4. The molecule has 0 aromatic carbocycles. The van der Waals surface area contributed by atoms with E-state index in [4.69, 9.17) is 0 Å². The number of amides is 1. The van der Waals surface area contributed by atoms with Crippen LogP contribution in [0.3, 0.4) is 0 Å². The standard InChI is InChI=1S/C15H24N4O.ClH/c1-11-9-14(17-18(11)2)15(20)19-7-5-13(6-8-19)16-10-12-3-4-12;/h9,12-13,16H,3-8,10H2,1-2H3;1H. The average molecular weight is 313 g/mol. The smallest absolute Gasteiger partial charge is 0.274 e. The Morgan fingerprint density at radius 1 is 1.33 bits per heavy atom. The molecule has 1 aromatic rings. The van der Waals surface area contributed by atoms with Gasteiger partial charge in [-0.05, 0) is 51.1 Å². The molecule has 0 atom stereocenters. The second-order valence-electron chi connectivity index (χ2n) is 6.21. The Balaban J connectivity index is 0.00000161. The van der Waals surface area contributed by atoms with Crippen molar-refractivity contribution < 1.29 is 4.79 Å². The van der Waals surface area contributed by atoms with E-state index in [0.717, 1.165) is 44.1 Å². The minimum atomic E-state index is 0. The summed E-state index contributed by atoms with van der Waals surface area (Å²) >= 11 is 0. The van der Waals surface area contributed by atoms with E-state index >= 15 is 0 Å². The van der Waals surface area contributed by atoms with Crippen molar-refractivity contribution >= 4 is 18.3 Å². The molecule has 1 amide bonds. The highest BCUT2D eigenvalue weighted by Gasteiger charge is 2.27. The average Bonchev–Trinajstić information content (AvgIpc) is 3.22. The zero-order valence-corrected chi connectivity index (χ0v) is 13.7. The molecule has 0 unspecified atom stereocenters. The van der Waals surface area contributed by atoms with Gasteiger partial charge in [-0.1, -0.05) is 0 Å². The molecular weight excluding hydrogens is 288 g/mol.